The highest BCUT2D eigenvalue weighted by Crippen LogP contribution is 2.11. The van der Waals surface area contributed by atoms with E-state index in [-0.39, 0.29) is 22.2 Å². The number of carbonyl (C=O) groups excluding carboxylic acids is 2. The van der Waals surface area contributed by atoms with E-state index in [0.717, 1.165) is 0 Å². The minimum absolute atomic E-state index is 0.122. The minimum atomic E-state index is -0.777. The van der Waals surface area contributed by atoms with Gasteiger partial charge in [-0.15, -0.1) is 0 Å². The van der Waals surface area contributed by atoms with Crippen molar-refractivity contribution in [2.24, 2.45) is 0 Å². The molecule has 0 aliphatic rings. The summed E-state index contributed by atoms with van der Waals surface area (Å²) in [7, 11) is 3.16. The van der Waals surface area contributed by atoms with E-state index in [9.17, 15) is 14.4 Å². The van der Waals surface area contributed by atoms with Gasteiger partial charge < -0.3 is 15.3 Å². The van der Waals surface area contributed by atoms with Gasteiger partial charge in [0.15, 0.2) is 0 Å². The molecular formula is C12H23IN2O4. The molecule has 2 N–H and O–H groups in total. The van der Waals surface area contributed by atoms with Gasteiger partial charge in [-0.25, -0.2) is 0 Å². The lowest BCUT2D eigenvalue weighted by atomic mass is 10.0. The molecule has 1 atom stereocenters. The van der Waals surface area contributed by atoms with Crippen LogP contribution in [0, 0.1) is 0 Å². The van der Waals surface area contributed by atoms with Gasteiger partial charge in [-0.05, 0) is 13.8 Å². The molecule has 7 heteroatoms. The van der Waals surface area contributed by atoms with Gasteiger partial charge >= 0.3 is 5.97 Å². The Morgan fingerprint density at radius 2 is 1.79 bits per heavy atom. The summed E-state index contributed by atoms with van der Waals surface area (Å²) in [5.74, 6) is -1.01. The predicted octanol–water partition coefficient (Wildman–Crippen LogP) is 1.27. The van der Waals surface area contributed by atoms with Crippen LogP contribution in [0.25, 0.3) is 0 Å². The molecule has 6 nitrogen and oxygen atoms in total. The van der Waals surface area contributed by atoms with Crippen molar-refractivity contribution in [3.8, 4) is 0 Å². The highest BCUT2D eigenvalue weighted by atomic mass is 127. The standard InChI is InChI=1S/C8H16N2O2.C4H7IO2/c1-6(11)10(5)8(2,3)7(12)9-4;1-3(5)2-4(6)7/h1-5H3,(H,9,12);3H,2H2,1H3,(H,6,7). The molecule has 0 aromatic rings. The summed E-state index contributed by atoms with van der Waals surface area (Å²) < 4.78 is 0.245. The molecule has 2 amide bonds. The van der Waals surface area contributed by atoms with Crippen molar-refractivity contribution < 1.29 is 19.5 Å². The molecule has 0 aromatic heterocycles. The molecule has 0 heterocycles. The van der Waals surface area contributed by atoms with E-state index in [1.54, 1.807) is 27.9 Å². The molecule has 0 aliphatic heterocycles. The van der Waals surface area contributed by atoms with Gasteiger partial charge in [0.05, 0.1) is 6.42 Å². The monoisotopic (exact) mass is 386 g/mol. The zero-order chi connectivity index (χ0) is 15.8. The number of nitrogens with zero attached hydrogens (tertiary/aromatic N) is 1. The predicted molar refractivity (Wildman–Crippen MR) is 82.3 cm³/mol. The number of carbonyl (C=O) groups is 3. The summed E-state index contributed by atoms with van der Waals surface area (Å²) in [6, 6.07) is 0. The van der Waals surface area contributed by atoms with Crippen LogP contribution in [-0.4, -0.2) is 51.3 Å². The van der Waals surface area contributed by atoms with Gasteiger partial charge in [-0.3, -0.25) is 14.4 Å². The van der Waals surface area contributed by atoms with E-state index < -0.39 is 11.5 Å². The number of halogens is 1. The maximum atomic E-state index is 11.3. The van der Waals surface area contributed by atoms with Gasteiger partial charge in [0, 0.05) is 24.9 Å². The quantitative estimate of drug-likeness (QED) is 0.563. The molecule has 0 spiro atoms. The molecule has 0 saturated carbocycles. The lowest BCUT2D eigenvalue weighted by Gasteiger charge is -2.32. The lowest BCUT2D eigenvalue weighted by molar-refractivity contribution is -0.142. The summed E-state index contributed by atoms with van der Waals surface area (Å²) >= 11 is 2.08. The number of hydrogen-bond acceptors (Lipinski definition) is 3. The Balaban J connectivity index is 0. The molecule has 0 radical (unpaired) electrons. The molecule has 19 heavy (non-hydrogen) atoms. The number of rotatable bonds is 4. The third kappa shape index (κ3) is 8.79. The minimum Gasteiger partial charge on any atom is -0.481 e. The summed E-state index contributed by atoms with van der Waals surface area (Å²) in [4.78, 5) is 33.4. The average Bonchev–Trinajstić information content (AvgIpc) is 2.25. The summed E-state index contributed by atoms with van der Waals surface area (Å²) in [5, 5.41) is 10.6. The maximum Gasteiger partial charge on any atom is 0.304 e. The number of amides is 2. The van der Waals surface area contributed by atoms with Crippen molar-refractivity contribution >= 4 is 40.4 Å². The van der Waals surface area contributed by atoms with Gasteiger partial charge in [-0.1, -0.05) is 29.5 Å². The topological polar surface area (TPSA) is 86.7 Å². The van der Waals surface area contributed by atoms with Crippen LogP contribution in [0.1, 0.15) is 34.1 Å². The Bertz CT molecular complexity index is 330. The van der Waals surface area contributed by atoms with Crippen molar-refractivity contribution in [3.05, 3.63) is 0 Å². The Morgan fingerprint density at radius 3 is 1.95 bits per heavy atom. The molecule has 112 valence electrons. The van der Waals surface area contributed by atoms with Crippen LogP contribution in [0.3, 0.4) is 0 Å². The molecule has 0 aliphatic carbocycles. The molecule has 0 saturated heterocycles. The summed E-state index contributed by atoms with van der Waals surface area (Å²) in [6.07, 6.45) is 0.264. The van der Waals surface area contributed by atoms with E-state index in [0.29, 0.717) is 0 Å². The van der Waals surface area contributed by atoms with Crippen LogP contribution < -0.4 is 5.32 Å². The van der Waals surface area contributed by atoms with Gasteiger partial charge in [0.2, 0.25) is 11.8 Å². The van der Waals surface area contributed by atoms with Crippen molar-refractivity contribution in [2.45, 2.75) is 43.6 Å². The zero-order valence-electron chi connectivity index (χ0n) is 12.3. The third-order valence-corrected chi connectivity index (χ3v) is 2.99. The van der Waals surface area contributed by atoms with E-state index in [2.05, 4.69) is 27.9 Å². The van der Waals surface area contributed by atoms with E-state index in [1.807, 2.05) is 6.92 Å². The molecule has 0 aromatic carbocycles. The SMILES string of the molecule is CC(I)CC(=O)O.CNC(=O)C(C)(C)N(C)C(C)=O. The Kier molecular flexibility index (Phi) is 9.81. The van der Waals surface area contributed by atoms with Crippen molar-refractivity contribution in [3.63, 3.8) is 0 Å². The second kappa shape index (κ2) is 9.11. The van der Waals surface area contributed by atoms with Crippen molar-refractivity contribution in [1.29, 1.82) is 0 Å². The van der Waals surface area contributed by atoms with Gasteiger partial charge in [-0.2, -0.15) is 0 Å². The van der Waals surface area contributed by atoms with Crippen LogP contribution in [0.15, 0.2) is 0 Å². The number of carboxylic acid groups (broad SMARTS) is 1. The molecule has 0 rings (SSSR count). The first-order chi connectivity index (χ1) is 8.46. The second-order valence-electron chi connectivity index (χ2n) is 4.59. The first kappa shape index (κ1) is 20.5. The number of aliphatic carboxylic acids is 1. The first-order valence-electron chi connectivity index (χ1n) is 5.79. The lowest BCUT2D eigenvalue weighted by Crippen LogP contribution is -2.54. The van der Waals surface area contributed by atoms with Crippen LogP contribution in [-0.2, 0) is 14.4 Å². The highest BCUT2D eigenvalue weighted by molar-refractivity contribution is 14.1. The number of alkyl halides is 1. The fourth-order valence-electron chi connectivity index (χ4n) is 1.09. The van der Waals surface area contributed by atoms with Crippen molar-refractivity contribution in [1.82, 2.24) is 10.2 Å². The second-order valence-corrected chi connectivity index (χ2v) is 6.72. The van der Waals surface area contributed by atoms with E-state index >= 15 is 0 Å². The molecular weight excluding hydrogens is 363 g/mol. The third-order valence-electron chi connectivity index (χ3n) is 2.55. The molecule has 0 fully saturated rings. The smallest absolute Gasteiger partial charge is 0.304 e. The average molecular weight is 386 g/mol. The normalized spacial score (nSPS) is 11.7. The number of hydrogen-bond donors (Lipinski definition) is 2. The van der Waals surface area contributed by atoms with Gasteiger partial charge in [0.1, 0.15) is 5.54 Å². The van der Waals surface area contributed by atoms with Crippen LogP contribution in [0.5, 0.6) is 0 Å². The van der Waals surface area contributed by atoms with Crippen LogP contribution >= 0.6 is 22.6 Å². The number of likely N-dealkylation sites (N-methyl/N-ethyl adjacent to an activating group) is 2. The largest absolute Gasteiger partial charge is 0.481 e. The van der Waals surface area contributed by atoms with E-state index in [1.165, 1.54) is 11.8 Å². The highest BCUT2D eigenvalue weighted by Gasteiger charge is 2.32. The Hall–Kier alpha value is -0.860. The maximum absolute atomic E-state index is 11.3. The fraction of sp³-hybridized carbons (Fsp3) is 0.750. The summed E-state index contributed by atoms with van der Waals surface area (Å²) in [5.41, 5.74) is -0.777. The van der Waals surface area contributed by atoms with Crippen molar-refractivity contribution in [2.75, 3.05) is 14.1 Å². The molecule has 1 unspecified atom stereocenters. The van der Waals surface area contributed by atoms with E-state index in [4.69, 9.17) is 5.11 Å². The zero-order valence-corrected chi connectivity index (χ0v) is 14.4. The Morgan fingerprint density at radius 1 is 1.37 bits per heavy atom. The fourth-order valence-corrected chi connectivity index (χ4v) is 1.47. The van der Waals surface area contributed by atoms with Crippen LogP contribution in [0.2, 0.25) is 0 Å². The molecule has 0 bridgehead atoms. The number of nitrogens with one attached hydrogen (secondary N) is 1. The van der Waals surface area contributed by atoms with Gasteiger partial charge in [0.25, 0.3) is 0 Å². The number of carboxylic acids is 1. The Labute approximate surface area is 128 Å². The first-order valence-corrected chi connectivity index (χ1v) is 7.03. The summed E-state index contributed by atoms with van der Waals surface area (Å²) in [6.45, 7) is 6.71. The van der Waals surface area contributed by atoms with Crippen LogP contribution in [0.4, 0.5) is 0 Å².